The summed E-state index contributed by atoms with van der Waals surface area (Å²) in [6.07, 6.45) is 3.74. The quantitative estimate of drug-likeness (QED) is 0.862. The molecule has 0 radical (unpaired) electrons. The minimum Gasteiger partial charge on any atom is -0.469 e. The number of nitrogens with one attached hydrogen (secondary N) is 1. The molecule has 3 rings (SSSR count). The fourth-order valence-electron chi connectivity index (χ4n) is 3.74. The fraction of sp³-hybridized carbons (Fsp3) is 0.556. The van der Waals surface area contributed by atoms with Gasteiger partial charge in [0.05, 0.1) is 13.0 Å². The second kappa shape index (κ2) is 6.71. The summed E-state index contributed by atoms with van der Waals surface area (Å²) in [5, 5.41) is 3.36. The van der Waals surface area contributed by atoms with Crippen LogP contribution in [0.5, 0.6) is 0 Å². The van der Waals surface area contributed by atoms with Crippen molar-refractivity contribution in [2.75, 3.05) is 26.7 Å². The average molecular weight is 316 g/mol. The van der Waals surface area contributed by atoms with Crippen LogP contribution >= 0.6 is 0 Å². The maximum absolute atomic E-state index is 13.3. The molecule has 0 aliphatic carbocycles. The van der Waals surface area contributed by atoms with Crippen LogP contribution in [0.2, 0.25) is 0 Å². The molecular weight excluding hydrogens is 292 g/mol. The summed E-state index contributed by atoms with van der Waals surface area (Å²) in [5.74, 6) is -0.439. The Bertz CT molecular complexity index is 569. The lowest BCUT2D eigenvalue weighted by Crippen LogP contribution is -2.53. The van der Waals surface area contributed by atoms with E-state index in [0.717, 1.165) is 31.5 Å². The van der Waals surface area contributed by atoms with E-state index in [1.807, 2.05) is 35.2 Å². The highest BCUT2D eigenvalue weighted by Crippen LogP contribution is 2.37. The predicted molar refractivity (Wildman–Crippen MR) is 86.7 cm³/mol. The van der Waals surface area contributed by atoms with Gasteiger partial charge in [0, 0.05) is 19.6 Å². The van der Waals surface area contributed by atoms with Gasteiger partial charge in [-0.3, -0.25) is 14.9 Å². The number of hydrogen-bond acceptors (Lipinski definition) is 4. The second-order valence-electron chi connectivity index (χ2n) is 6.43. The van der Waals surface area contributed by atoms with Crippen molar-refractivity contribution < 1.29 is 14.3 Å². The molecule has 2 saturated heterocycles. The number of hydrogen-bond donors (Lipinski definition) is 1. The van der Waals surface area contributed by atoms with E-state index >= 15 is 0 Å². The van der Waals surface area contributed by atoms with Gasteiger partial charge in [-0.05, 0) is 31.2 Å². The summed E-state index contributed by atoms with van der Waals surface area (Å²) in [4.78, 5) is 27.2. The van der Waals surface area contributed by atoms with Crippen LogP contribution in [0.1, 0.15) is 31.2 Å². The van der Waals surface area contributed by atoms with Crippen molar-refractivity contribution in [3.63, 3.8) is 0 Å². The number of benzene rings is 1. The van der Waals surface area contributed by atoms with E-state index in [1.165, 1.54) is 13.5 Å². The summed E-state index contributed by atoms with van der Waals surface area (Å²) in [5.41, 5.74) is 0.124. The Kier molecular flexibility index (Phi) is 4.66. The lowest BCUT2D eigenvalue weighted by atomic mass is 9.83. The molecule has 124 valence electrons. The maximum atomic E-state index is 13.3. The van der Waals surface area contributed by atoms with E-state index in [0.29, 0.717) is 13.0 Å². The van der Waals surface area contributed by atoms with Gasteiger partial charge in [0.1, 0.15) is 5.54 Å². The lowest BCUT2D eigenvalue weighted by molar-refractivity contribution is -0.145. The third-order valence-electron chi connectivity index (χ3n) is 5.01. The highest BCUT2D eigenvalue weighted by molar-refractivity contribution is 5.89. The molecular formula is C18H24N2O3. The Morgan fingerprint density at radius 3 is 2.52 bits per heavy atom. The molecule has 1 amide bonds. The van der Waals surface area contributed by atoms with Gasteiger partial charge in [0.15, 0.2) is 0 Å². The first kappa shape index (κ1) is 16.0. The fourth-order valence-corrected chi connectivity index (χ4v) is 3.74. The molecule has 2 atom stereocenters. The van der Waals surface area contributed by atoms with Crippen LogP contribution in [0.15, 0.2) is 30.3 Å². The first-order valence-corrected chi connectivity index (χ1v) is 8.35. The van der Waals surface area contributed by atoms with Crippen LogP contribution in [0.25, 0.3) is 0 Å². The van der Waals surface area contributed by atoms with Crippen molar-refractivity contribution in [1.29, 1.82) is 0 Å². The number of rotatable bonds is 3. The van der Waals surface area contributed by atoms with Gasteiger partial charge >= 0.3 is 5.97 Å². The number of nitrogens with zero attached hydrogens (tertiary/aromatic N) is 1. The zero-order chi connectivity index (χ0) is 16.3. The summed E-state index contributed by atoms with van der Waals surface area (Å²) in [6.45, 7) is 2.08. The molecule has 5 nitrogen and oxygen atoms in total. The van der Waals surface area contributed by atoms with Crippen molar-refractivity contribution in [2.24, 2.45) is 5.92 Å². The summed E-state index contributed by atoms with van der Waals surface area (Å²) < 4.78 is 4.88. The third-order valence-corrected chi connectivity index (χ3v) is 5.01. The van der Waals surface area contributed by atoms with Gasteiger partial charge in [0.25, 0.3) is 0 Å². The number of ether oxygens (including phenoxy) is 1. The summed E-state index contributed by atoms with van der Waals surface area (Å²) in [6, 6.07) is 9.75. The molecule has 0 unspecified atom stereocenters. The van der Waals surface area contributed by atoms with Crippen molar-refractivity contribution in [2.45, 2.75) is 31.2 Å². The Hall–Kier alpha value is -1.88. The molecule has 0 spiro atoms. The third kappa shape index (κ3) is 2.98. The second-order valence-corrected chi connectivity index (χ2v) is 6.43. The average Bonchev–Trinajstić information content (AvgIpc) is 3.08. The normalized spacial score (nSPS) is 27.7. The molecule has 0 bridgehead atoms. The Balaban J connectivity index is 1.91. The van der Waals surface area contributed by atoms with Crippen LogP contribution in [-0.2, 0) is 19.9 Å². The van der Waals surface area contributed by atoms with Crippen molar-refractivity contribution in [1.82, 2.24) is 10.2 Å². The topological polar surface area (TPSA) is 58.6 Å². The van der Waals surface area contributed by atoms with Gasteiger partial charge in [-0.2, -0.15) is 0 Å². The molecule has 23 heavy (non-hydrogen) atoms. The molecule has 1 N–H and O–H groups in total. The monoisotopic (exact) mass is 316 g/mol. The van der Waals surface area contributed by atoms with Crippen molar-refractivity contribution in [3.8, 4) is 0 Å². The highest BCUT2D eigenvalue weighted by Gasteiger charge is 2.50. The molecule has 2 fully saturated rings. The van der Waals surface area contributed by atoms with Crippen LogP contribution in [0.4, 0.5) is 0 Å². The number of carbonyl (C=O) groups is 2. The smallest absolute Gasteiger partial charge is 0.310 e. The Morgan fingerprint density at radius 1 is 1.17 bits per heavy atom. The van der Waals surface area contributed by atoms with Gasteiger partial charge < -0.3 is 9.64 Å². The molecule has 0 saturated carbocycles. The first-order chi connectivity index (χ1) is 11.2. The van der Waals surface area contributed by atoms with Gasteiger partial charge in [-0.25, -0.2) is 0 Å². The highest BCUT2D eigenvalue weighted by atomic mass is 16.5. The number of esters is 1. The number of carbonyl (C=O) groups excluding carboxylic acids is 2. The van der Waals surface area contributed by atoms with Crippen molar-refractivity contribution >= 4 is 11.9 Å². The summed E-state index contributed by atoms with van der Waals surface area (Å²) >= 11 is 0. The number of likely N-dealkylation sites (tertiary alicyclic amines) is 1. The molecule has 2 aliphatic rings. The van der Waals surface area contributed by atoms with E-state index in [1.54, 1.807) is 0 Å². The van der Waals surface area contributed by atoms with Gasteiger partial charge in [0.2, 0.25) is 5.91 Å². The number of methoxy groups -OCH3 is 1. The Morgan fingerprint density at radius 2 is 1.87 bits per heavy atom. The number of piperidine rings is 1. The lowest BCUT2D eigenvalue weighted by Gasteiger charge is -2.37. The SMILES string of the molecule is COC(=O)[C@H]1CN[C@](C(=O)N2CCCCC2)(c2ccccc2)C1. The van der Waals surface area contributed by atoms with Crippen LogP contribution in [-0.4, -0.2) is 43.5 Å². The minimum absolute atomic E-state index is 0.0924. The molecule has 5 heteroatoms. The van der Waals surface area contributed by atoms with E-state index in [9.17, 15) is 9.59 Å². The van der Waals surface area contributed by atoms with Crippen molar-refractivity contribution in [3.05, 3.63) is 35.9 Å². The largest absolute Gasteiger partial charge is 0.469 e. The zero-order valence-electron chi connectivity index (χ0n) is 13.6. The number of amides is 1. The first-order valence-electron chi connectivity index (χ1n) is 8.35. The maximum Gasteiger partial charge on any atom is 0.310 e. The zero-order valence-corrected chi connectivity index (χ0v) is 13.6. The van der Waals surface area contributed by atoms with Gasteiger partial charge in [-0.15, -0.1) is 0 Å². The molecule has 2 aliphatic heterocycles. The van der Waals surface area contributed by atoms with Gasteiger partial charge in [-0.1, -0.05) is 30.3 Å². The standard InChI is InChI=1S/C18H24N2O3/c1-23-16(21)14-12-18(19-13-14,15-8-4-2-5-9-15)17(22)20-10-6-3-7-11-20/h2,4-5,8-9,14,19H,3,6-7,10-13H2,1H3/t14-,18+/m1/s1. The minimum atomic E-state index is -0.808. The van der Waals surface area contributed by atoms with E-state index in [4.69, 9.17) is 4.74 Å². The molecule has 2 heterocycles. The Labute approximate surface area is 137 Å². The molecule has 1 aromatic carbocycles. The van der Waals surface area contributed by atoms with E-state index in [2.05, 4.69) is 5.32 Å². The predicted octanol–water partition coefficient (Wildman–Crippen LogP) is 1.68. The van der Waals surface area contributed by atoms with Crippen LogP contribution < -0.4 is 5.32 Å². The molecule has 0 aromatic heterocycles. The molecule has 1 aromatic rings. The van der Waals surface area contributed by atoms with E-state index < -0.39 is 5.54 Å². The van der Waals surface area contributed by atoms with Crippen LogP contribution in [0, 0.1) is 5.92 Å². The van der Waals surface area contributed by atoms with E-state index in [-0.39, 0.29) is 17.8 Å². The summed E-state index contributed by atoms with van der Waals surface area (Å²) in [7, 11) is 1.40. The van der Waals surface area contributed by atoms with Crippen LogP contribution in [0.3, 0.4) is 0 Å².